The number of carbonyl (C=O) groups is 5. The number of fused-ring (bicyclic) bond motifs is 12. The van der Waals surface area contributed by atoms with E-state index in [1.807, 2.05) is 60.7 Å². The molecule has 10 fully saturated rings. The topological polar surface area (TPSA) is 131 Å². The van der Waals surface area contributed by atoms with Crippen molar-refractivity contribution < 1.29 is 38.6 Å². The van der Waals surface area contributed by atoms with Gasteiger partial charge in [0.2, 0.25) is 0 Å². The van der Waals surface area contributed by atoms with Crippen molar-refractivity contribution in [2.45, 2.75) is 206 Å². The zero-order valence-electron chi connectivity index (χ0n) is 52.0. The summed E-state index contributed by atoms with van der Waals surface area (Å²) in [5.41, 5.74) is 8.56. The number of Topliss-reactive ketones (excluding diaryl/α,β-unsaturated/α-hetero) is 4. The molecule has 1 unspecified atom stereocenters. The van der Waals surface area contributed by atoms with E-state index in [-0.39, 0.29) is 69.5 Å². The standard InChI is InChI=1S/2C37H49NO4/c2*1-22-14-34-35(38(19-22)20-33(41)25-8-6-5-7-9-25)24(3)37(42-34)13-12-28-29-11-10-27-15-32(40)26(21-39)18-36(27,4)31(29)16-30(28)23(2)17-37/h5-9,21-22,24,27-29,31,34-35,39H,10-20H2,1-4H3;5-9,21-22,24,26-29,31,34-35H,10-20H2,1-4H3/b26-21-;/t22-,24+,27+,28-,29-,31-,34+,35-,36-,37-;22-,24+,26?,27+,28-,29-,31-,34+,35-,36-,37-/m00/s1. The van der Waals surface area contributed by atoms with Crippen LogP contribution < -0.4 is 0 Å². The van der Waals surface area contributed by atoms with Crippen molar-refractivity contribution in [3.63, 3.8) is 0 Å². The summed E-state index contributed by atoms with van der Waals surface area (Å²) in [4.78, 5) is 68.7. The van der Waals surface area contributed by atoms with Gasteiger partial charge in [0.1, 0.15) is 12.1 Å². The first-order valence-corrected chi connectivity index (χ1v) is 33.5. The lowest BCUT2D eigenvalue weighted by atomic mass is 9.51. The van der Waals surface area contributed by atoms with E-state index in [1.165, 1.54) is 31.3 Å². The molecule has 6 saturated carbocycles. The number of ketones is 4. The Morgan fingerprint density at radius 2 is 1.08 bits per heavy atom. The van der Waals surface area contributed by atoms with Crippen molar-refractivity contribution >= 4 is 29.4 Å². The maximum atomic E-state index is 13.3. The van der Waals surface area contributed by atoms with Gasteiger partial charge in [0.05, 0.1) is 48.7 Å². The van der Waals surface area contributed by atoms with E-state index in [0.29, 0.717) is 103 Å². The van der Waals surface area contributed by atoms with Gasteiger partial charge in [-0.15, -0.1) is 0 Å². The normalized spacial score (nSPS) is 44.8. The summed E-state index contributed by atoms with van der Waals surface area (Å²) in [6.07, 6.45) is 20.8. The molecule has 10 nitrogen and oxygen atoms in total. The van der Waals surface area contributed by atoms with Crippen LogP contribution in [0.15, 0.2) is 94.8 Å². The number of ether oxygens (including phenoxy) is 2. The predicted octanol–water partition coefficient (Wildman–Crippen LogP) is 14.0. The third kappa shape index (κ3) is 9.81. The Labute approximate surface area is 501 Å². The highest BCUT2D eigenvalue weighted by atomic mass is 16.5. The fraction of sp³-hybridized carbons (Fsp3) is 0.689. The number of piperidine rings is 2. The average molecular weight is 1140 g/mol. The van der Waals surface area contributed by atoms with Gasteiger partial charge in [-0.3, -0.25) is 29.0 Å². The van der Waals surface area contributed by atoms with Crippen molar-refractivity contribution in [3.05, 3.63) is 106 Å². The second-order valence-electron chi connectivity index (χ2n) is 31.0. The van der Waals surface area contributed by atoms with Crippen LogP contribution in [0, 0.1) is 87.8 Å². The largest absolute Gasteiger partial charge is 0.515 e. The monoisotopic (exact) mass is 1140 g/mol. The van der Waals surface area contributed by atoms with Crippen LogP contribution in [0.2, 0.25) is 0 Å². The lowest BCUT2D eigenvalue weighted by Crippen LogP contribution is -2.53. The van der Waals surface area contributed by atoms with Gasteiger partial charge in [-0.05, 0) is 187 Å². The third-order valence-electron chi connectivity index (χ3n) is 26.6. The van der Waals surface area contributed by atoms with Gasteiger partial charge >= 0.3 is 0 Å². The van der Waals surface area contributed by atoms with Crippen LogP contribution in [0.5, 0.6) is 0 Å². The molecule has 4 aliphatic heterocycles. The minimum atomic E-state index is -0.399. The Balaban J connectivity index is 0.000000157. The number of aliphatic hydroxyl groups excluding tert-OH is 1. The lowest BCUT2D eigenvalue weighted by Gasteiger charge is -2.53. The molecule has 2 aromatic rings. The van der Waals surface area contributed by atoms with Crippen molar-refractivity contribution in [2.75, 3.05) is 26.2 Å². The van der Waals surface area contributed by atoms with E-state index in [9.17, 15) is 29.1 Å². The molecule has 21 atom stereocenters. The average Bonchev–Trinajstić information content (AvgIpc) is 2.05. The third-order valence-corrected chi connectivity index (χ3v) is 26.6. The molecule has 0 radical (unpaired) electrons. The number of benzene rings is 2. The van der Waals surface area contributed by atoms with Gasteiger partial charge in [0, 0.05) is 66.6 Å². The summed E-state index contributed by atoms with van der Waals surface area (Å²) in [6, 6.07) is 20.1. The molecule has 2 spiro atoms. The molecule has 14 rings (SSSR count). The maximum absolute atomic E-state index is 13.3. The summed E-state index contributed by atoms with van der Waals surface area (Å²) in [5.74, 6) is 6.72. The molecule has 84 heavy (non-hydrogen) atoms. The Morgan fingerprint density at radius 3 is 1.55 bits per heavy atom. The zero-order chi connectivity index (χ0) is 58.8. The Hall–Kier alpha value is -4.35. The van der Waals surface area contributed by atoms with Crippen molar-refractivity contribution in [2.24, 2.45) is 87.8 Å². The van der Waals surface area contributed by atoms with Gasteiger partial charge in [-0.1, -0.05) is 124 Å². The molecule has 452 valence electrons. The van der Waals surface area contributed by atoms with E-state index in [1.54, 1.807) is 16.7 Å². The number of carbonyl (C=O) groups excluding carboxylic acids is 5. The predicted molar refractivity (Wildman–Crippen MR) is 327 cm³/mol. The number of aldehydes is 1. The van der Waals surface area contributed by atoms with E-state index >= 15 is 0 Å². The van der Waals surface area contributed by atoms with Gasteiger partial charge < -0.3 is 19.4 Å². The molecule has 4 heterocycles. The van der Waals surface area contributed by atoms with Gasteiger partial charge in [-0.2, -0.15) is 0 Å². The number of likely N-dealkylation sites (tertiary alicyclic amines) is 2. The van der Waals surface area contributed by atoms with Gasteiger partial charge in [-0.25, -0.2) is 0 Å². The highest BCUT2D eigenvalue weighted by Crippen LogP contribution is 2.68. The molecule has 10 heteroatoms. The highest BCUT2D eigenvalue weighted by Gasteiger charge is 2.63. The van der Waals surface area contributed by atoms with Gasteiger partial charge in [0.15, 0.2) is 17.3 Å². The van der Waals surface area contributed by atoms with Crippen LogP contribution in [0.3, 0.4) is 0 Å². The van der Waals surface area contributed by atoms with Crippen LogP contribution in [0.25, 0.3) is 0 Å². The Kier molecular flexibility index (Phi) is 15.6. The fourth-order valence-corrected chi connectivity index (χ4v) is 22.5. The lowest BCUT2D eigenvalue weighted by molar-refractivity contribution is -0.140. The molecule has 0 bridgehead atoms. The molecule has 12 aliphatic rings. The number of nitrogens with zero attached hydrogens (tertiary/aromatic N) is 2. The van der Waals surface area contributed by atoms with Crippen LogP contribution in [-0.4, -0.2) is 106 Å². The summed E-state index contributed by atoms with van der Waals surface area (Å²) >= 11 is 0. The minimum absolute atomic E-state index is 0.0909. The Morgan fingerprint density at radius 1 is 0.619 bits per heavy atom. The number of allylic oxidation sites excluding steroid dienone is 3. The first-order chi connectivity index (χ1) is 40.3. The quantitative estimate of drug-likeness (QED) is 0.0714. The number of aliphatic hydroxyl groups is 1. The van der Waals surface area contributed by atoms with E-state index < -0.39 is 5.92 Å². The van der Waals surface area contributed by atoms with Crippen LogP contribution >= 0.6 is 0 Å². The second kappa shape index (κ2) is 22.4. The zero-order valence-corrected chi connectivity index (χ0v) is 52.0. The molecule has 8 aliphatic carbocycles. The molecule has 4 saturated heterocycles. The summed E-state index contributed by atoms with van der Waals surface area (Å²) in [7, 11) is 0. The van der Waals surface area contributed by atoms with Crippen LogP contribution in [0.4, 0.5) is 0 Å². The van der Waals surface area contributed by atoms with Crippen molar-refractivity contribution in [1.82, 2.24) is 9.80 Å². The smallest absolute Gasteiger partial charge is 0.176 e. The highest BCUT2D eigenvalue weighted by molar-refractivity contribution is 5.98. The van der Waals surface area contributed by atoms with E-state index in [0.717, 1.165) is 114 Å². The van der Waals surface area contributed by atoms with Crippen LogP contribution in [-0.2, 0) is 23.9 Å². The molecule has 0 amide bonds. The number of hydrogen-bond acceptors (Lipinski definition) is 10. The number of rotatable bonds is 7. The first kappa shape index (κ1) is 58.7. The van der Waals surface area contributed by atoms with Crippen molar-refractivity contribution in [1.29, 1.82) is 0 Å². The molecule has 0 aromatic heterocycles. The van der Waals surface area contributed by atoms with Crippen molar-refractivity contribution in [3.8, 4) is 0 Å². The maximum Gasteiger partial charge on any atom is 0.176 e. The Bertz CT molecular complexity index is 3000. The van der Waals surface area contributed by atoms with Gasteiger partial charge in [0.25, 0.3) is 0 Å². The molecule has 2 aromatic carbocycles. The first-order valence-electron chi connectivity index (χ1n) is 33.5. The van der Waals surface area contributed by atoms with E-state index in [2.05, 4.69) is 65.2 Å². The molecule has 1 N–H and O–H groups in total. The summed E-state index contributed by atoms with van der Waals surface area (Å²) in [6.45, 7) is 21.9. The fourth-order valence-electron chi connectivity index (χ4n) is 22.5. The summed E-state index contributed by atoms with van der Waals surface area (Å²) in [5, 5.41) is 9.84. The van der Waals surface area contributed by atoms with Crippen LogP contribution in [0.1, 0.15) is 192 Å². The summed E-state index contributed by atoms with van der Waals surface area (Å²) < 4.78 is 14.5. The minimum Gasteiger partial charge on any atom is -0.515 e. The molecular formula is C74H98N2O8. The second-order valence-corrected chi connectivity index (χ2v) is 31.0. The molecular weight excluding hydrogens is 1040 g/mol. The number of hydrogen-bond donors (Lipinski definition) is 1. The van der Waals surface area contributed by atoms with E-state index in [4.69, 9.17) is 9.47 Å². The SMILES string of the molecule is CC1=C2C[C@H]3[C@@H](CC[C@@H]4CC(=O)/C(=C\O)C[C@@]43C)[C@@H]2CC[C@@]2(C1)O[C@@H]1C[C@H](C)CN(CC(=O)c3ccccc3)[C@H]1[C@H]2C.CC1=C2C[C@H]3[C@@H](CC[C@@H]4CC(=O)C(C=O)C[C@@]43C)[C@@H]2CC[C@@]2(C1)O[C@@H]1C[C@H](C)CN(CC(=O)c3ccccc3)[C@H]1[C@H]2C.